The topological polar surface area (TPSA) is 64.3 Å². The van der Waals surface area contributed by atoms with Gasteiger partial charge in [0.05, 0.1) is 6.04 Å². The Morgan fingerprint density at radius 3 is 2.43 bits per heavy atom. The maximum Gasteiger partial charge on any atom is 0.258 e. The molecule has 0 fully saturated rings. The molecule has 2 aromatic carbocycles. The summed E-state index contributed by atoms with van der Waals surface area (Å²) in [6.07, 6.45) is 0. The number of nitrogen functional groups attached to an aromatic ring is 1. The second kappa shape index (κ2) is 7.13. The van der Waals surface area contributed by atoms with Crippen LogP contribution in [0.5, 0.6) is 5.75 Å². The zero-order valence-electron chi connectivity index (χ0n) is 11.7. The van der Waals surface area contributed by atoms with E-state index in [1.54, 1.807) is 24.3 Å². The number of carbonyl (C=O) groups excluding carboxylic acids is 1. The van der Waals surface area contributed by atoms with Crippen LogP contribution in [0.4, 0.5) is 5.69 Å². The zero-order valence-corrected chi connectivity index (χ0v) is 13.3. The summed E-state index contributed by atoms with van der Waals surface area (Å²) in [5.41, 5.74) is 7.29. The van der Waals surface area contributed by atoms with Crippen molar-refractivity contribution in [1.82, 2.24) is 5.32 Å². The van der Waals surface area contributed by atoms with Gasteiger partial charge in [-0.15, -0.1) is 0 Å². The number of hydrogen-bond donors (Lipinski definition) is 2. The van der Waals surface area contributed by atoms with Crippen LogP contribution in [0, 0.1) is 0 Å². The summed E-state index contributed by atoms with van der Waals surface area (Å²) >= 11 is 3.38. The fourth-order valence-electron chi connectivity index (χ4n) is 1.83. The van der Waals surface area contributed by atoms with Crippen LogP contribution in [0.1, 0.15) is 18.5 Å². The van der Waals surface area contributed by atoms with Gasteiger partial charge in [0.1, 0.15) is 5.75 Å². The summed E-state index contributed by atoms with van der Waals surface area (Å²) in [6, 6.07) is 14.7. The molecular formula is C16H17BrN2O2. The van der Waals surface area contributed by atoms with E-state index in [0.29, 0.717) is 11.4 Å². The molecule has 2 rings (SSSR count). The third kappa shape index (κ3) is 4.79. The first-order chi connectivity index (χ1) is 10.0. The molecule has 0 bridgehead atoms. The van der Waals surface area contributed by atoms with Crippen LogP contribution < -0.4 is 15.8 Å². The molecule has 0 aliphatic carbocycles. The Morgan fingerprint density at radius 2 is 1.81 bits per heavy atom. The smallest absolute Gasteiger partial charge is 0.258 e. The molecule has 0 heterocycles. The predicted octanol–water partition coefficient (Wildman–Crippen LogP) is 3.29. The number of halogens is 1. The Kier molecular flexibility index (Phi) is 5.22. The van der Waals surface area contributed by atoms with Gasteiger partial charge >= 0.3 is 0 Å². The number of ether oxygens (including phenoxy) is 1. The molecule has 21 heavy (non-hydrogen) atoms. The van der Waals surface area contributed by atoms with E-state index in [-0.39, 0.29) is 18.6 Å². The van der Waals surface area contributed by atoms with Gasteiger partial charge in [-0.3, -0.25) is 4.79 Å². The van der Waals surface area contributed by atoms with E-state index in [2.05, 4.69) is 21.2 Å². The second-order valence-electron chi connectivity index (χ2n) is 4.70. The highest BCUT2D eigenvalue weighted by Gasteiger charge is 2.10. The summed E-state index contributed by atoms with van der Waals surface area (Å²) in [5, 5.41) is 2.89. The van der Waals surface area contributed by atoms with E-state index in [9.17, 15) is 4.79 Å². The van der Waals surface area contributed by atoms with Crippen LogP contribution in [0.25, 0.3) is 0 Å². The molecule has 0 spiro atoms. The van der Waals surface area contributed by atoms with E-state index in [1.165, 1.54) is 0 Å². The van der Waals surface area contributed by atoms with E-state index in [4.69, 9.17) is 10.5 Å². The van der Waals surface area contributed by atoms with Crippen molar-refractivity contribution in [3.05, 3.63) is 58.6 Å². The molecule has 1 amide bonds. The molecule has 110 valence electrons. The standard InChI is InChI=1S/C16H17BrN2O2/c1-11(12-2-4-13(17)5-3-12)19-16(20)10-21-15-8-6-14(18)7-9-15/h2-9,11H,10,18H2,1H3,(H,19,20). The van der Waals surface area contributed by atoms with Crippen molar-refractivity contribution in [3.8, 4) is 5.75 Å². The number of benzene rings is 2. The third-order valence-electron chi connectivity index (χ3n) is 3.00. The molecule has 0 aliphatic heterocycles. The van der Waals surface area contributed by atoms with Gasteiger partial charge in [-0.2, -0.15) is 0 Å². The lowest BCUT2D eigenvalue weighted by molar-refractivity contribution is -0.123. The summed E-state index contributed by atoms with van der Waals surface area (Å²) < 4.78 is 6.41. The maximum atomic E-state index is 11.9. The van der Waals surface area contributed by atoms with Crippen molar-refractivity contribution >= 4 is 27.5 Å². The molecule has 0 aliphatic rings. The fourth-order valence-corrected chi connectivity index (χ4v) is 2.10. The number of nitrogens with one attached hydrogen (secondary N) is 1. The monoisotopic (exact) mass is 348 g/mol. The van der Waals surface area contributed by atoms with Gasteiger partial charge < -0.3 is 15.8 Å². The summed E-state index contributed by atoms with van der Waals surface area (Å²) in [6.45, 7) is 1.91. The Morgan fingerprint density at radius 1 is 1.19 bits per heavy atom. The van der Waals surface area contributed by atoms with E-state index in [0.717, 1.165) is 10.0 Å². The fraction of sp³-hybridized carbons (Fsp3) is 0.188. The maximum absolute atomic E-state index is 11.9. The average molecular weight is 349 g/mol. The highest BCUT2D eigenvalue weighted by atomic mass is 79.9. The van der Waals surface area contributed by atoms with Crippen molar-refractivity contribution in [1.29, 1.82) is 0 Å². The Bertz CT molecular complexity index is 597. The van der Waals surface area contributed by atoms with Gasteiger partial charge in [0.2, 0.25) is 0 Å². The molecule has 0 radical (unpaired) electrons. The lowest BCUT2D eigenvalue weighted by Gasteiger charge is -2.15. The van der Waals surface area contributed by atoms with E-state index < -0.39 is 0 Å². The lowest BCUT2D eigenvalue weighted by Crippen LogP contribution is -2.31. The van der Waals surface area contributed by atoms with Crippen molar-refractivity contribution in [2.75, 3.05) is 12.3 Å². The van der Waals surface area contributed by atoms with Crippen molar-refractivity contribution in [2.45, 2.75) is 13.0 Å². The number of rotatable bonds is 5. The highest BCUT2D eigenvalue weighted by molar-refractivity contribution is 9.10. The highest BCUT2D eigenvalue weighted by Crippen LogP contribution is 2.16. The molecule has 4 nitrogen and oxygen atoms in total. The van der Waals surface area contributed by atoms with Crippen molar-refractivity contribution in [2.24, 2.45) is 0 Å². The lowest BCUT2D eigenvalue weighted by atomic mass is 10.1. The van der Waals surface area contributed by atoms with Gasteiger partial charge in [-0.1, -0.05) is 28.1 Å². The minimum atomic E-state index is -0.165. The minimum absolute atomic E-state index is 0.0230. The predicted molar refractivity (Wildman–Crippen MR) is 87.0 cm³/mol. The van der Waals surface area contributed by atoms with Crippen LogP contribution in [0.3, 0.4) is 0 Å². The normalized spacial score (nSPS) is 11.7. The number of nitrogens with two attached hydrogens (primary N) is 1. The molecular weight excluding hydrogens is 332 g/mol. The van der Waals surface area contributed by atoms with Crippen molar-refractivity contribution in [3.63, 3.8) is 0 Å². The zero-order chi connectivity index (χ0) is 15.2. The van der Waals surface area contributed by atoms with Gasteiger partial charge in [0.25, 0.3) is 5.91 Å². The Labute approximate surface area is 132 Å². The SMILES string of the molecule is CC(NC(=O)COc1ccc(N)cc1)c1ccc(Br)cc1. The van der Waals surface area contributed by atoms with Gasteiger partial charge in [0.15, 0.2) is 6.61 Å². The molecule has 5 heteroatoms. The van der Waals surface area contributed by atoms with Crippen LogP contribution in [-0.2, 0) is 4.79 Å². The molecule has 0 aromatic heterocycles. The van der Waals surface area contributed by atoms with Crippen LogP contribution in [0.15, 0.2) is 53.0 Å². The molecule has 3 N–H and O–H groups in total. The summed E-state index contributed by atoms with van der Waals surface area (Å²) in [4.78, 5) is 11.9. The van der Waals surface area contributed by atoms with E-state index >= 15 is 0 Å². The van der Waals surface area contributed by atoms with Gasteiger partial charge in [-0.05, 0) is 48.9 Å². The first-order valence-electron chi connectivity index (χ1n) is 6.58. The number of carbonyl (C=O) groups is 1. The number of hydrogen-bond acceptors (Lipinski definition) is 3. The number of amides is 1. The van der Waals surface area contributed by atoms with Crippen LogP contribution in [-0.4, -0.2) is 12.5 Å². The quantitative estimate of drug-likeness (QED) is 0.815. The van der Waals surface area contributed by atoms with Crippen molar-refractivity contribution < 1.29 is 9.53 Å². The summed E-state index contributed by atoms with van der Waals surface area (Å²) in [5.74, 6) is 0.456. The third-order valence-corrected chi connectivity index (χ3v) is 3.53. The van der Waals surface area contributed by atoms with E-state index in [1.807, 2.05) is 31.2 Å². The number of anilines is 1. The first kappa shape index (κ1) is 15.4. The second-order valence-corrected chi connectivity index (χ2v) is 5.61. The van der Waals surface area contributed by atoms with Gasteiger partial charge in [-0.25, -0.2) is 0 Å². The van der Waals surface area contributed by atoms with Crippen LogP contribution >= 0.6 is 15.9 Å². The molecule has 0 saturated carbocycles. The van der Waals surface area contributed by atoms with Gasteiger partial charge in [0, 0.05) is 10.2 Å². The Hall–Kier alpha value is -2.01. The molecule has 2 aromatic rings. The Balaban J connectivity index is 1.83. The molecule has 0 saturated heterocycles. The molecule has 1 unspecified atom stereocenters. The first-order valence-corrected chi connectivity index (χ1v) is 7.37. The molecule has 1 atom stereocenters. The van der Waals surface area contributed by atoms with Crippen LogP contribution in [0.2, 0.25) is 0 Å². The average Bonchev–Trinajstić information content (AvgIpc) is 2.47. The largest absolute Gasteiger partial charge is 0.484 e. The summed E-state index contributed by atoms with van der Waals surface area (Å²) in [7, 11) is 0. The minimum Gasteiger partial charge on any atom is -0.484 e.